The first-order chi connectivity index (χ1) is 8.42. The van der Waals surface area contributed by atoms with E-state index in [9.17, 15) is 0 Å². The van der Waals surface area contributed by atoms with Crippen LogP contribution in [-0.2, 0) is 0 Å². The van der Waals surface area contributed by atoms with Crippen LogP contribution in [0, 0.1) is 0 Å². The molecule has 4 rings (SSSR count). The molecule has 0 saturated carbocycles. The van der Waals surface area contributed by atoms with Crippen molar-refractivity contribution in [2.75, 3.05) is 0 Å². The summed E-state index contributed by atoms with van der Waals surface area (Å²) in [5, 5.41) is 6.10. The van der Waals surface area contributed by atoms with Gasteiger partial charge in [-0.3, -0.25) is 0 Å². The number of hydrogen-bond acceptors (Lipinski definition) is 1. The third-order valence-electron chi connectivity index (χ3n) is 3.30. The minimum Gasteiger partial charge on any atom is -0.464 e. The van der Waals surface area contributed by atoms with Crippen LogP contribution in [0.25, 0.3) is 32.5 Å². The first kappa shape index (κ1) is 8.82. The molecule has 0 atom stereocenters. The van der Waals surface area contributed by atoms with Gasteiger partial charge < -0.3 is 4.42 Å². The summed E-state index contributed by atoms with van der Waals surface area (Å²) in [6, 6.07) is 19.1. The maximum atomic E-state index is 5.58. The number of fused-ring (bicyclic) bond motifs is 4. The molecule has 0 amide bonds. The van der Waals surface area contributed by atoms with E-state index in [1.165, 1.54) is 21.5 Å². The summed E-state index contributed by atoms with van der Waals surface area (Å²) >= 11 is 0. The average Bonchev–Trinajstić information content (AvgIpc) is 2.85. The summed E-state index contributed by atoms with van der Waals surface area (Å²) in [6.07, 6.45) is 1.75. The number of benzene rings is 3. The van der Waals surface area contributed by atoms with E-state index in [2.05, 4.69) is 48.5 Å². The highest BCUT2D eigenvalue weighted by atomic mass is 16.3. The molecule has 1 heteroatoms. The van der Waals surface area contributed by atoms with Crippen LogP contribution in [0.4, 0.5) is 0 Å². The van der Waals surface area contributed by atoms with Crippen molar-refractivity contribution in [1.82, 2.24) is 0 Å². The zero-order valence-electron chi connectivity index (χ0n) is 9.18. The number of hydrogen-bond donors (Lipinski definition) is 0. The van der Waals surface area contributed by atoms with Gasteiger partial charge in [-0.15, -0.1) is 0 Å². The second-order valence-corrected chi connectivity index (χ2v) is 4.33. The lowest BCUT2D eigenvalue weighted by molar-refractivity contribution is 0.619. The van der Waals surface area contributed by atoms with Gasteiger partial charge in [0.1, 0.15) is 5.58 Å². The van der Waals surface area contributed by atoms with Crippen molar-refractivity contribution in [3.63, 3.8) is 0 Å². The van der Waals surface area contributed by atoms with Crippen LogP contribution in [0.5, 0.6) is 0 Å². The Bertz CT molecular complexity index is 840. The topological polar surface area (TPSA) is 13.1 Å². The fourth-order valence-corrected chi connectivity index (χ4v) is 2.44. The first-order valence-electron chi connectivity index (χ1n) is 5.70. The van der Waals surface area contributed by atoms with Crippen molar-refractivity contribution in [1.29, 1.82) is 0 Å². The third-order valence-corrected chi connectivity index (χ3v) is 3.30. The molecule has 0 spiro atoms. The fourth-order valence-electron chi connectivity index (χ4n) is 2.44. The molecule has 0 bridgehead atoms. The van der Waals surface area contributed by atoms with Crippen LogP contribution < -0.4 is 0 Å². The molecule has 0 fully saturated rings. The zero-order valence-corrected chi connectivity index (χ0v) is 9.18. The number of furan rings is 1. The average molecular weight is 218 g/mol. The minimum absolute atomic E-state index is 0.980. The Morgan fingerprint density at radius 2 is 1.41 bits per heavy atom. The highest BCUT2D eigenvalue weighted by Crippen LogP contribution is 2.29. The van der Waals surface area contributed by atoms with Gasteiger partial charge in [0, 0.05) is 10.8 Å². The Labute approximate surface area is 98.3 Å². The van der Waals surface area contributed by atoms with E-state index >= 15 is 0 Å². The van der Waals surface area contributed by atoms with Gasteiger partial charge in [0.25, 0.3) is 0 Å². The molecule has 0 N–H and O–H groups in total. The molecule has 0 aliphatic heterocycles. The summed E-state index contributed by atoms with van der Waals surface area (Å²) in [5.41, 5.74) is 0.980. The number of rotatable bonds is 0. The zero-order chi connectivity index (χ0) is 11.2. The lowest BCUT2D eigenvalue weighted by atomic mass is 10.0. The minimum atomic E-state index is 0.980. The third kappa shape index (κ3) is 1.19. The molecule has 0 aliphatic carbocycles. The van der Waals surface area contributed by atoms with E-state index in [1.807, 2.05) is 6.07 Å². The molecule has 80 valence electrons. The molecule has 1 aromatic heterocycles. The van der Waals surface area contributed by atoms with Crippen molar-refractivity contribution in [2.24, 2.45) is 0 Å². The van der Waals surface area contributed by atoms with Crippen LogP contribution in [0.1, 0.15) is 0 Å². The van der Waals surface area contributed by atoms with Crippen LogP contribution in [0.2, 0.25) is 0 Å². The van der Waals surface area contributed by atoms with Gasteiger partial charge in [0.05, 0.1) is 6.26 Å². The maximum Gasteiger partial charge on any atom is 0.141 e. The predicted octanol–water partition coefficient (Wildman–Crippen LogP) is 4.74. The van der Waals surface area contributed by atoms with Crippen molar-refractivity contribution >= 4 is 32.5 Å². The van der Waals surface area contributed by atoms with Gasteiger partial charge in [-0.25, -0.2) is 0 Å². The molecule has 0 saturated heterocycles. The van der Waals surface area contributed by atoms with Crippen molar-refractivity contribution in [2.45, 2.75) is 0 Å². The quantitative estimate of drug-likeness (QED) is 0.388. The maximum absolute atomic E-state index is 5.58. The van der Waals surface area contributed by atoms with E-state index < -0.39 is 0 Å². The van der Waals surface area contributed by atoms with Crippen molar-refractivity contribution in [3.8, 4) is 0 Å². The first-order valence-corrected chi connectivity index (χ1v) is 5.70. The molecular formula is C16H10O. The lowest BCUT2D eigenvalue weighted by Crippen LogP contribution is -1.76. The smallest absolute Gasteiger partial charge is 0.141 e. The van der Waals surface area contributed by atoms with E-state index in [-0.39, 0.29) is 0 Å². The van der Waals surface area contributed by atoms with Gasteiger partial charge in [-0.05, 0) is 34.4 Å². The molecule has 1 nitrogen and oxygen atoms in total. The molecule has 17 heavy (non-hydrogen) atoms. The standard InChI is InChI=1S/C16H10O/c1-2-4-13-10-15-14(9-12(13)3-1)6-5-11-7-8-17-16(11)15/h1-10H. The van der Waals surface area contributed by atoms with Crippen LogP contribution in [0.15, 0.2) is 65.3 Å². The van der Waals surface area contributed by atoms with E-state index in [0.717, 1.165) is 11.0 Å². The van der Waals surface area contributed by atoms with E-state index in [1.54, 1.807) is 6.26 Å². The molecular weight excluding hydrogens is 208 g/mol. The molecule has 0 unspecified atom stereocenters. The van der Waals surface area contributed by atoms with Crippen molar-refractivity contribution < 1.29 is 4.42 Å². The van der Waals surface area contributed by atoms with Crippen molar-refractivity contribution in [3.05, 3.63) is 60.9 Å². The predicted molar refractivity (Wildman–Crippen MR) is 71.2 cm³/mol. The Balaban J connectivity index is 2.29. The molecule has 4 aromatic rings. The summed E-state index contributed by atoms with van der Waals surface area (Å²) in [7, 11) is 0. The fraction of sp³-hybridized carbons (Fsp3) is 0. The Morgan fingerprint density at radius 1 is 0.647 bits per heavy atom. The summed E-state index contributed by atoms with van der Waals surface area (Å²) in [4.78, 5) is 0. The van der Waals surface area contributed by atoms with Crippen LogP contribution in [-0.4, -0.2) is 0 Å². The van der Waals surface area contributed by atoms with Gasteiger partial charge in [0.15, 0.2) is 0 Å². The van der Waals surface area contributed by atoms with Crippen LogP contribution >= 0.6 is 0 Å². The van der Waals surface area contributed by atoms with Gasteiger partial charge >= 0.3 is 0 Å². The highest BCUT2D eigenvalue weighted by molar-refractivity contribution is 6.09. The normalized spacial score (nSPS) is 11.5. The highest BCUT2D eigenvalue weighted by Gasteiger charge is 2.04. The van der Waals surface area contributed by atoms with E-state index in [0.29, 0.717) is 0 Å². The second-order valence-electron chi connectivity index (χ2n) is 4.33. The van der Waals surface area contributed by atoms with Gasteiger partial charge in [0.2, 0.25) is 0 Å². The van der Waals surface area contributed by atoms with Crippen LogP contribution in [0.3, 0.4) is 0 Å². The monoisotopic (exact) mass is 218 g/mol. The molecule has 1 heterocycles. The van der Waals surface area contributed by atoms with Gasteiger partial charge in [-0.1, -0.05) is 36.4 Å². The summed E-state index contributed by atoms with van der Waals surface area (Å²) in [6.45, 7) is 0. The Hall–Kier alpha value is -2.28. The van der Waals surface area contributed by atoms with E-state index in [4.69, 9.17) is 4.42 Å². The second kappa shape index (κ2) is 3.11. The summed E-state index contributed by atoms with van der Waals surface area (Å²) < 4.78 is 5.58. The lowest BCUT2D eigenvalue weighted by Gasteiger charge is -2.02. The molecule has 3 aromatic carbocycles. The Kier molecular flexibility index (Phi) is 1.61. The molecule has 0 radical (unpaired) electrons. The molecule has 0 aliphatic rings. The Morgan fingerprint density at radius 3 is 2.29 bits per heavy atom. The largest absolute Gasteiger partial charge is 0.464 e. The van der Waals surface area contributed by atoms with Gasteiger partial charge in [-0.2, -0.15) is 0 Å². The summed E-state index contributed by atoms with van der Waals surface area (Å²) in [5.74, 6) is 0. The SMILES string of the molecule is c1ccc2cc3c(ccc4ccoc43)cc2c1.